The number of imidazole rings is 1. The summed E-state index contributed by atoms with van der Waals surface area (Å²) in [6.45, 7) is 3.93. The van der Waals surface area contributed by atoms with Crippen molar-refractivity contribution in [3.63, 3.8) is 0 Å². The van der Waals surface area contributed by atoms with E-state index in [0.29, 0.717) is 31.5 Å². The number of phenolic OH excluding ortho intramolecular Hbond substituents is 1. The zero-order valence-corrected chi connectivity index (χ0v) is 22.1. The Labute approximate surface area is 218 Å². The molecule has 0 saturated heterocycles. The third kappa shape index (κ3) is 4.99. The van der Waals surface area contributed by atoms with Crippen molar-refractivity contribution in [2.24, 2.45) is 7.05 Å². The van der Waals surface area contributed by atoms with Gasteiger partial charge in [-0.05, 0) is 54.0 Å². The fourth-order valence-corrected chi connectivity index (χ4v) is 5.56. The molecule has 0 fully saturated rings. The van der Waals surface area contributed by atoms with E-state index >= 15 is 0 Å². The van der Waals surface area contributed by atoms with Gasteiger partial charge in [0.1, 0.15) is 11.6 Å². The smallest absolute Gasteiger partial charge is 0.416 e. The summed E-state index contributed by atoms with van der Waals surface area (Å²) in [5.74, 6) is 0.371. The van der Waals surface area contributed by atoms with Gasteiger partial charge >= 0.3 is 12.1 Å². The summed E-state index contributed by atoms with van der Waals surface area (Å²) in [5.41, 5.74) is 1.31. The highest BCUT2D eigenvalue weighted by atomic mass is 79.9. The number of nitrogens with zero attached hydrogens (tertiary/aromatic N) is 3. The topological polar surface area (TPSA) is 69.3 Å². The van der Waals surface area contributed by atoms with E-state index in [2.05, 4.69) is 20.9 Å². The SMILES string of the molecule is CCOC(=O)c1c(CSc2cccc(C(F)(F)F)c2)n(C)c2cc(Br)c(O)c(Cn3ccnc3C)c12. The Bertz CT molecular complexity index is 1450. The van der Waals surface area contributed by atoms with Crippen LogP contribution in [0, 0.1) is 6.92 Å². The normalized spacial score (nSPS) is 11.9. The van der Waals surface area contributed by atoms with Crippen LogP contribution in [-0.4, -0.2) is 31.8 Å². The minimum absolute atomic E-state index is 0.0103. The lowest BCUT2D eigenvalue weighted by molar-refractivity contribution is -0.137. The molecule has 0 unspecified atom stereocenters. The van der Waals surface area contributed by atoms with E-state index in [1.807, 2.05) is 16.1 Å². The molecule has 36 heavy (non-hydrogen) atoms. The van der Waals surface area contributed by atoms with Crippen LogP contribution >= 0.6 is 27.7 Å². The van der Waals surface area contributed by atoms with Gasteiger partial charge in [0, 0.05) is 46.7 Å². The fraction of sp³-hybridized carbons (Fsp3) is 0.280. The van der Waals surface area contributed by atoms with Crippen LogP contribution in [0.4, 0.5) is 13.2 Å². The molecule has 0 radical (unpaired) electrons. The van der Waals surface area contributed by atoms with Gasteiger partial charge in [0.2, 0.25) is 0 Å². The highest BCUT2D eigenvalue weighted by Crippen LogP contribution is 2.41. The molecule has 0 aliphatic heterocycles. The van der Waals surface area contributed by atoms with E-state index in [9.17, 15) is 23.1 Å². The Morgan fingerprint density at radius 1 is 1.28 bits per heavy atom. The molecular weight excluding hydrogens is 559 g/mol. The second kappa shape index (κ2) is 10.2. The second-order valence-electron chi connectivity index (χ2n) is 8.10. The maximum absolute atomic E-state index is 13.2. The van der Waals surface area contributed by atoms with Gasteiger partial charge in [0.05, 0.1) is 34.3 Å². The van der Waals surface area contributed by atoms with Crippen molar-refractivity contribution in [3.8, 4) is 5.75 Å². The zero-order chi connectivity index (χ0) is 26.2. The molecule has 2 aromatic heterocycles. The van der Waals surface area contributed by atoms with Crippen LogP contribution in [0.25, 0.3) is 10.9 Å². The average Bonchev–Trinajstić information content (AvgIpc) is 3.35. The van der Waals surface area contributed by atoms with Gasteiger partial charge < -0.3 is 19.0 Å². The number of carbonyl (C=O) groups is 1. The average molecular weight is 582 g/mol. The number of aromatic nitrogens is 3. The first-order valence-corrected chi connectivity index (χ1v) is 12.8. The van der Waals surface area contributed by atoms with Crippen LogP contribution in [0.1, 0.15) is 39.9 Å². The molecule has 0 aliphatic carbocycles. The van der Waals surface area contributed by atoms with Crippen LogP contribution in [0.3, 0.4) is 0 Å². The Hall–Kier alpha value is -2.92. The standard InChI is InChI=1S/C25H23BrF3N3O3S/c1-4-35-24(34)22-20(13-36-16-7-5-6-15(10-16)25(27,28)29)31(3)19-11-18(26)23(33)17(21(19)22)12-32-9-8-30-14(32)2/h5-11,33H,4,12-13H2,1-3H3. The number of benzene rings is 2. The summed E-state index contributed by atoms with van der Waals surface area (Å²) in [4.78, 5) is 17.9. The predicted octanol–water partition coefficient (Wildman–Crippen LogP) is 6.69. The molecule has 0 aliphatic rings. The number of halogens is 4. The molecule has 4 aromatic rings. The van der Waals surface area contributed by atoms with Crippen molar-refractivity contribution in [2.75, 3.05) is 6.61 Å². The molecule has 0 spiro atoms. The van der Waals surface area contributed by atoms with Gasteiger partial charge in [-0.2, -0.15) is 13.2 Å². The maximum Gasteiger partial charge on any atom is 0.416 e. The number of carbonyl (C=O) groups excluding carboxylic acids is 1. The lowest BCUT2D eigenvalue weighted by Crippen LogP contribution is -2.09. The number of phenols is 1. The van der Waals surface area contributed by atoms with Gasteiger partial charge in [-0.3, -0.25) is 0 Å². The number of aryl methyl sites for hydroxylation is 2. The number of fused-ring (bicyclic) bond motifs is 1. The van der Waals surface area contributed by atoms with E-state index in [-0.39, 0.29) is 30.2 Å². The van der Waals surface area contributed by atoms with Crippen LogP contribution in [0.2, 0.25) is 0 Å². The summed E-state index contributed by atoms with van der Waals surface area (Å²) in [5, 5.41) is 11.5. The molecule has 0 bridgehead atoms. The quantitative estimate of drug-likeness (QED) is 0.194. The fourth-order valence-electron chi connectivity index (χ4n) is 4.08. The molecule has 6 nitrogen and oxygen atoms in total. The Balaban J connectivity index is 1.86. The minimum Gasteiger partial charge on any atom is -0.506 e. The van der Waals surface area contributed by atoms with Crippen LogP contribution in [0.5, 0.6) is 5.75 Å². The first-order chi connectivity index (χ1) is 17.0. The molecule has 4 rings (SSSR count). The third-order valence-electron chi connectivity index (χ3n) is 5.91. The molecule has 0 amide bonds. The summed E-state index contributed by atoms with van der Waals surface area (Å²) in [6, 6.07) is 6.79. The van der Waals surface area contributed by atoms with Crippen LogP contribution < -0.4 is 0 Å². The largest absolute Gasteiger partial charge is 0.506 e. The van der Waals surface area contributed by atoms with Crippen molar-refractivity contribution in [1.82, 2.24) is 14.1 Å². The maximum atomic E-state index is 13.2. The Kier molecular flexibility index (Phi) is 7.42. The van der Waals surface area contributed by atoms with Gasteiger partial charge in [-0.15, -0.1) is 11.8 Å². The van der Waals surface area contributed by atoms with Crippen molar-refractivity contribution in [1.29, 1.82) is 0 Å². The Morgan fingerprint density at radius 2 is 2.03 bits per heavy atom. The van der Waals surface area contributed by atoms with Gasteiger partial charge in [-0.25, -0.2) is 9.78 Å². The third-order valence-corrected chi connectivity index (χ3v) is 7.52. The van der Waals surface area contributed by atoms with E-state index in [1.165, 1.54) is 17.8 Å². The van der Waals surface area contributed by atoms with Gasteiger partial charge in [0.15, 0.2) is 0 Å². The molecule has 2 aromatic carbocycles. The molecule has 1 N–H and O–H groups in total. The lowest BCUT2D eigenvalue weighted by atomic mass is 10.0. The highest BCUT2D eigenvalue weighted by molar-refractivity contribution is 9.10. The number of hydrogen-bond acceptors (Lipinski definition) is 5. The van der Waals surface area contributed by atoms with E-state index in [1.54, 1.807) is 38.5 Å². The van der Waals surface area contributed by atoms with E-state index < -0.39 is 17.7 Å². The molecule has 11 heteroatoms. The summed E-state index contributed by atoms with van der Waals surface area (Å²) in [7, 11) is 1.78. The minimum atomic E-state index is -4.45. The number of esters is 1. The number of hydrogen-bond donors (Lipinski definition) is 1. The van der Waals surface area contributed by atoms with Gasteiger partial charge in [-0.1, -0.05) is 6.07 Å². The van der Waals surface area contributed by atoms with Crippen molar-refractivity contribution in [3.05, 3.63) is 75.4 Å². The van der Waals surface area contributed by atoms with Crippen LogP contribution in [0.15, 0.2) is 52.1 Å². The molecule has 190 valence electrons. The monoisotopic (exact) mass is 581 g/mol. The lowest BCUT2D eigenvalue weighted by Gasteiger charge is -2.12. The number of thioether (sulfide) groups is 1. The van der Waals surface area contributed by atoms with Crippen LogP contribution in [-0.2, 0) is 30.3 Å². The molecule has 2 heterocycles. The molecule has 0 saturated carbocycles. The molecular formula is C25H23BrF3N3O3S. The summed E-state index contributed by atoms with van der Waals surface area (Å²) in [6.07, 6.45) is -1.02. The summed E-state index contributed by atoms with van der Waals surface area (Å²) < 4.78 is 49.0. The van der Waals surface area contributed by atoms with E-state index in [4.69, 9.17) is 4.74 Å². The number of ether oxygens (including phenoxy) is 1. The molecule has 0 atom stereocenters. The number of rotatable bonds is 7. The van der Waals surface area contributed by atoms with Crippen molar-refractivity contribution >= 4 is 44.6 Å². The first kappa shape index (κ1) is 26.2. The number of alkyl halides is 3. The highest BCUT2D eigenvalue weighted by Gasteiger charge is 2.31. The summed E-state index contributed by atoms with van der Waals surface area (Å²) >= 11 is 4.60. The van der Waals surface area contributed by atoms with Crippen molar-refractivity contribution in [2.45, 2.75) is 37.2 Å². The zero-order valence-electron chi connectivity index (χ0n) is 19.7. The first-order valence-electron chi connectivity index (χ1n) is 11.0. The Morgan fingerprint density at radius 3 is 2.67 bits per heavy atom. The number of aromatic hydroxyl groups is 1. The van der Waals surface area contributed by atoms with Crippen molar-refractivity contribution < 1.29 is 27.8 Å². The van der Waals surface area contributed by atoms with Gasteiger partial charge in [0.25, 0.3) is 0 Å². The predicted molar refractivity (Wildman–Crippen MR) is 135 cm³/mol. The van der Waals surface area contributed by atoms with E-state index in [0.717, 1.165) is 18.0 Å². The second-order valence-corrected chi connectivity index (χ2v) is 10.0.